The number of aliphatic hydroxyl groups excluding tert-OH is 1. The predicted octanol–water partition coefficient (Wildman–Crippen LogP) is 2.35. The van der Waals surface area contributed by atoms with Crippen molar-refractivity contribution in [1.82, 2.24) is 9.80 Å². The standard InChI is InChI=1S/C23H34N2O4/c26-21(15-27-14-20-10-17-1-3-19(20)9-17)13-25-7-5-24(6-8-25)12-18-2-4-22-23(11-18)29-16-28-22/h2,4,11,17,19-21,26H,1,3,5-10,12-16H2/t17-,19-,20+,21+/m0/s1. The predicted molar refractivity (Wildman–Crippen MR) is 110 cm³/mol. The highest BCUT2D eigenvalue weighted by atomic mass is 16.7. The number of fused-ring (bicyclic) bond motifs is 3. The maximum absolute atomic E-state index is 10.4. The number of aliphatic hydroxyl groups is 1. The van der Waals surface area contributed by atoms with Gasteiger partial charge >= 0.3 is 0 Å². The number of benzene rings is 1. The zero-order valence-electron chi connectivity index (χ0n) is 17.3. The molecule has 5 rings (SSSR count). The third kappa shape index (κ3) is 4.71. The third-order valence-electron chi connectivity index (χ3n) is 7.30. The Morgan fingerprint density at radius 1 is 1.03 bits per heavy atom. The van der Waals surface area contributed by atoms with Crippen molar-refractivity contribution < 1.29 is 19.3 Å². The maximum Gasteiger partial charge on any atom is 0.231 e. The Balaban J connectivity index is 0.989. The van der Waals surface area contributed by atoms with Crippen molar-refractivity contribution in [3.8, 4) is 11.5 Å². The van der Waals surface area contributed by atoms with Crippen LogP contribution in [0.5, 0.6) is 11.5 Å². The summed E-state index contributed by atoms with van der Waals surface area (Å²) < 4.78 is 16.8. The molecule has 1 saturated heterocycles. The van der Waals surface area contributed by atoms with Crippen LogP contribution in [-0.4, -0.2) is 73.7 Å². The molecule has 1 N–H and O–H groups in total. The van der Waals surface area contributed by atoms with Crippen molar-refractivity contribution in [2.75, 3.05) is 52.7 Å². The molecule has 0 radical (unpaired) electrons. The molecule has 2 aliphatic carbocycles. The molecule has 160 valence electrons. The van der Waals surface area contributed by atoms with Crippen molar-refractivity contribution in [3.05, 3.63) is 23.8 Å². The van der Waals surface area contributed by atoms with Crippen LogP contribution in [0, 0.1) is 17.8 Å². The first-order valence-corrected chi connectivity index (χ1v) is 11.3. The molecule has 0 unspecified atom stereocenters. The number of ether oxygens (including phenoxy) is 3. The average Bonchev–Trinajstić information content (AvgIpc) is 3.46. The third-order valence-corrected chi connectivity index (χ3v) is 7.30. The molecule has 6 nitrogen and oxygen atoms in total. The Bertz CT molecular complexity index is 691. The molecule has 6 heteroatoms. The van der Waals surface area contributed by atoms with Crippen LogP contribution in [0.25, 0.3) is 0 Å². The van der Waals surface area contributed by atoms with Crippen molar-refractivity contribution >= 4 is 0 Å². The number of hydrogen-bond acceptors (Lipinski definition) is 6. The summed E-state index contributed by atoms with van der Waals surface area (Å²) in [6.07, 6.45) is 5.23. The van der Waals surface area contributed by atoms with E-state index < -0.39 is 0 Å². The van der Waals surface area contributed by atoms with E-state index in [0.717, 1.165) is 68.6 Å². The van der Waals surface area contributed by atoms with E-state index in [9.17, 15) is 5.11 Å². The van der Waals surface area contributed by atoms with Crippen molar-refractivity contribution in [3.63, 3.8) is 0 Å². The Morgan fingerprint density at radius 3 is 2.66 bits per heavy atom. The van der Waals surface area contributed by atoms with Crippen molar-refractivity contribution in [1.29, 1.82) is 0 Å². The highest BCUT2D eigenvalue weighted by molar-refractivity contribution is 5.44. The number of hydrogen-bond donors (Lipinski definition) is 1. The smallest absolute Gasteiger partial charge is 0.231 e. The normalized spacial score (nSPS) is 30.2. The minimum atomic E-state index is -0.381. The Labute approximate surface area is 173 Å². The van der Waals surface area contributed by atoms with Crippen LogP contribution in [-0.2, 0) is 11.3 Å². The van der Waals surface area contributed by atoms with Crippen LogP contribution in [0.3, 0.4) is 0 Å². The molecule has 1 aromatic rings. The molecule has 4 aliphatic rings. The van der Waals surface area contributed by atoms with Gasteiger partial charge in [0.05, 0.1) is 12.7 Å². The lowest BCUT2D eigenvalue weighted by molar-refractivity contribution is -0.00897. The van der Waals surface area contributed by atoms with Crippen LogP contribution >= 0.6 is 0 Å². The number of β-amino-alcohol motifs (C(OH)–C–C–N with tert-alkyl or cyclic N) is 1. The molecule has 2 bridgehead atoms. The molecule has 29 heavy (non-hydrogen) atoms. The minimum Gasteiger partial charge on any atom is -0.454 e. The SMILES string of the molecule is O[C@@H](COC[C@H]1C[C@H]2CC[C@H]1C2)CN1CCN(Cc2ccc3c(c2)OCO3)CC1. The zero-order valence-corrected chi connectivity index (χ0v) is 17.3. The molecule has 1 aromatic carbocycles. The summed E-state index contributed by atoms with van der Waals surface area (Å²) >= 11 is 0. The van der Waals surface area contributed by atoms with Crippen molar-refractivity contribution in [2.24, 2.45) is 17.8 Å². The van der Waals surface area contributed by atoms with E-state index in [2.05, 4.69) is 21.9 Å². The van der Waals surface area contributed by atoms with Gasteiger partial charge in [0, 0.05) is 45.9 Å². The van der Waals surface area contributed by atoms with Gasteiger partial charge in [0.15, 0.2) is 11.5 Å². The summed E-state index contributed by atoms with van der Waals surface area (Å²) in [4.78, 5) is 4.83. The van der Waals surface area contributed by atoms with Crippen LogP contribution < -0.4 is 9.47 Å². The monoisotopic (exact) mass is 402 g/mol. The molecular formula is C23H34N2O4. The van der Waals surface area contributed by atoms with Crippen LogP contribution in [0.1, 0.15) is 31.2 Å². The lowest BCUT2D eigenvalue weighted by Gasteiger charge is -2.35. The van der Waals surface area contributed by atoms with Gasteiger partial charge in [-0.15, -0.1) is 0 Å². The number of nitrogens with zero attached hydrogens (tertiary/aromatic N) is 2. The minimum absolute atomic E-state index is 0.325. The molecule has 0 aromatic heterocycles. The fourth-order valence-electron chi connectivity index (χ4n) is 5.71. The summed E-state index contributed by atoms with van der Waals surface area (Å²) in [5.41, 5.74) is 1.26. The van der Waals surface area contributed by atoms with E-state index in [1.54, 1.807) is 0 Å². The van der Waals surface area contributed by atoms with E-state index in [1.165, 1.54) is 31.2 Å². The van der Waals surface area contributed by atoms with Gasteiger partial charge in [-0.3, -0.25) is 9.80 Å². The van der Waals surface area contributed by atoms with Crippen LogP contribution in [0.2, 0.25) is 0 Å². The maximum atomic E-state index is 10.4. The average molecular weight is 403 g/mol. The van der Waals surface area contributed by atoms with E-state index in [1.807, 2.05) is 6.07 Å². The van der Waals surface area contributed by atoms with E-state index in [-0.39, 0.29) is 6.10 Å². The molecule has 4 atom stereocenters. The van der Waals surface area contributed by atoms with Gasteiger partial charge < -0.3 is 19.3 Å². The van der Waals surface area contributed by atoms with Crippen LogP contribution in [0.15, 0.2) is 18.2 Å². The molecule has 2 heterocycles. The lowest BCUT2D eigenvalue weighted by Crippen LogP contribution is -2.48. The Kier molecular flexibility index (Phi) is 5.95. The van der Waals surface area contributed by atoms with Crippen molar-refractivity contribution in [2.45, 2.75) is 38.3 Å². The summed E-state index contributed by atoms with van der Waals surface area (Å²) in [5, 5.41) is 10.4. The fraction of sp³-hybridized carbons (Fsp3) is 0.739. The second-order valence-electron chi connectivity index (χ2n) is 9.39. The van der Waals surface area contributed by atoms with Gasteiger partial charge in [-0.05, 0) is 54.7 Å². The van der Waals surface area contributed by atoms with Gasteiger partial charge in [0.25, 0.3) is 0 Å². The summed E-state index contributed by atoms with van der Waals surface area (Å²) in [6.45, 7) is 7.33. The highest BCUT2D eigenvalue weighted by Gasteiger charge is 2.39. The highest BCUT2D eigenvalue weighted by Crippen LogP contribution is 2.48. The second-order valence-corrected chi connectivity index (χ2v) is 9.39. The molecular weight excluding hydrogens is 368 g/mol. The molecule has 2 aliphatic heterocycles. The van der Waals surface area contributed by atoms with E-state index >= 15 is 0 Å². The molecule has 0 amide bonds. The first-order chi connectivity index (χ1) is 14.2. The van der Waals surface area contributed by atoms with Gasteiger partial charge in [-0.25, -0.2) is 0 Å². The topological polar surface area (TPSA) is 54.4 Å². The largest absolute Gasteiger partial charge is 0.454 e. The van der Waals surface area contributed by atoms with Gasteiger partial charge in [-0.1, -0.05) is 12.5 Å². The summed E-state index contributed by atoms with van der Waals surface area (Å²) in [7, 11) is 0. The van der Waals surface area contributed by atoms with E-state index in [0.29, 0.717) is 19.9 Å². The zero-order chi connectivity index (χ0) is 19.6. The molecule has 3 fully saturated rings. The van der Waals surface area contributed by atoms with Gasteiger partial charge in [0.1, 0.15) is 0 Å². The number of rotatable bonds is 8. The summed E-state index contributed by atoms with van der Waals surface area (Å²) in [6, 6.07) is 6.21. The second kappa shape index (κ2) is 8.80. The summed E-state index contributed by atoms with van der Waals surface area (Å²) in [5.74, 6) is 4.31. The van der Waals surface area contributed by atoms with E-state index in [4.69, 9.17) is 14.2 Å². The quantitative estimate of drug-likeness (QED) is 0.720. The molecule has 0 spiro atoms. The fourth-order valence-corrected chi connectivity index (χ4v) is 5.71. The lowest BCUT2D eigenvalue weighted by atomic mass is 9.90. The van der Waals surface area contributed by atoms with Gasteiger partial charge in [-0.2, -0.15) is 0 Å². The van der Waals surface area contributed by atoms with Gasteiger partial charge in [0.2, 0.25) is 6.79 Å². The molecule has 2 saturated carbocycles. The first kappa shape index (κ1) is 19.6. The first-order valence-electron chi connectivity index (χ1n) is 11.3. The van der Waals surface area contributed by atoms with Crippen LogP contribution in [0.4, 0.5) is 0 Å². The Hall–Kier alpha value is -1.34. The number of piperazine rings is 1. The Morgan fingerprint density at radius 2 is 1.86 bits per heavy atom.